The van der Waals surface area contributed by atoms with Crippen LogP contribution in [0.4, 0.5) is 4.39 Å². The normalized spacial score (nSPS) is 16.0. The average Bonchev–Trinajstić information content (AvgIpc) is 2.41. The van der Waals surface area contributed by atoms with E-state index < -0.39 is 30.5 Å². The van der Waals surface area contributed by atoms with Gasteiger partial charge in [-0.05, 0) is 51.0 Å². The first-order valence-electron chi connectivity index (χ1n) is 8.42. The Morgan fingerprint density at radius 3 is 2.24 bits per heavy atom. The van der Waals surface area contributed by atoms with Gasteiger partial charge in [0, 0.05) is 21.4 Å². The zero-order valence-electron chi connectivity index (χ0n) is 16.5. The Kier molecular flexibility index (Phi) is 7.76. The molecule has 0 spiro atoms. The van der Waals surface area contributed by atoms with Gasteiger partial charge in [0.1, 0.15) is 16.6 Å². The van der Waals surface area contributed by atoms with E-state index in [2.05, 4.69) is 54.5 Å². The average molecular weight is 453 g/mol. The lowest BCUT2D eigenvalue weighted by molar-refractivity contribution is 0.253. The maximum absolute atomic E-state index is 14.5. The van der Waals surface area contributed by atoms with Crippen LogP contribution in [0.3, 0.4) is 0 Å². The highest BCUT2D eigenvalue weighted by Gasteiger charge is 2.39. The molecule has 0 aliphatic carbocycles. The van der Waals surface area contributed by atoms with Gasteiger partial charge < -0.3 is 8.98 Å². The zero-order chi connectivity index (χ0) is 19.6. The third kappa shape index (κ3) is 6.63. The van der Waals surface area contributed by atoms with Crippen molar-refractivity contribution >= 4 is 35.6 Å². The molecule has 144 valence electrons. The largest absolute Gasteiger partial charge is 0.598 e. The molecule has 7 heteroatoms. The minimum Gasteiger partial charge on any atom is -0.598 e. The predicted octanol–water partition coefficient (Wildman–Crippen LogP) is 5.70. The summed E-state index contributed by atoms with van der Waals surface area (Å²) in [6.45, 7) is 16.8. The van der Waals surface area contributed by atoms with Gasteiger partial charge in [-0.15, -0.1) is 4.72 Å². The highest BCUT2D eigenvalue weighted by atomic mass is 79.9. The maximum atomic E-state index is 14.5. The van der Waals surface area contributed by atoms with Crippen LogP contribution >= 0.6 is 15.9 Å². The second kappa shape index (κ2) is 8.40. The molecule has 1 rings (SSSR count). The summed E-state index contributed by atoms with van der Waals surface area (Å²) in [6.07, 6.45) is 0. The van der Waals surface area contributed by atoms with Crippen LogP contribution in [-0.2, 0) is 15.8 Å². The van der Waals surface area contributed by atoms with Crippen molar-refractivity contribution in [3.8, 4) is 0 Å². The number of hydrogen-bond acceptors (Lipinski definition) is 3. The lowest BCUT2D eigenvalue weighted by Crippen LogP contribution is -2.46. The second-order valence-electron chi connectivity index (χ2n) is 8.79. The van der Waals surface area contributed by atoms with E-state index in [1.165, 1.54) is 6.07 Å². The number of rotatable bonds is 6. The number of benzene rings is 1. The summed E-state index contributed by atoms with van der Waals surface area (Å²) in [5.41, 5.74) is 0.472. The summed E-state index contributed by atoms with van der Waals surface area (Å²) in [4.78, 5) is 0. The summed E-state index contributed by atoms with van der Waals surface area (Å²) in [6, 6.07) is 4.46. The van der Waals surface area contributed by atoms with Gasteiger partial charge in [0.2, 0.25) is 0 Å². The zero-order valence-corrected chi connectivity index (χ0v) is 19.9. The van der Waals surface area contributed by atoms with Crippen LogP contribution in [0.15, 0.2) is 22.7 Å². The van der Waals surface area contributed by atoms with E-state index in [0.717, 1.165) is 0 Å². The van der Waals surface area contributed by atoms with Crippen LogP contribution in [0.1, 0.15) is 53.1 Å². The molecule has 1 aromatic rings. The summed E-state index contributed by atoms with van der Waals surface area (Å²) in [5, 5.41) is 0.0546. The molecular formula is C18H31BrFNO2SSi. The van der Waals surface area contributed by atoms with Gasteiger partial charge in [-0.1, -0.05) is 42.8 Å². The lowest BCUT2D eigenvalue weighted by atomic mass is 10.1. The molecule has 2 atom stereocenters. The first kappa shape index (κ1) is 23.1. The van der Waals surface area contributed by atoms with Crippen LogP contribution in [0, 0.1) is 5.82 Å². The molecule has 0 aliphatic heterocycles. The third-order valence-corrected chi connectivity index (χ3v) is 11.2. The number of halogens is 2. The monoisotopic (exact) mass is 451 g/mol. The van der Waals surface area contributed by atoms with Crippen LogP contribution < -0.4 is 4.72 Å². The molecule has 2 unspecified atom stereocenters. The van der Waals surface area contributed by atoms with Crippen molar-refractivity contribution in [3.05, 3.63) is 34.1 Å². The van der Waals surface area contributed by atoms with Gasteiger partial charge in [0.15, 0.2) is 8.32 Å². The predicted molar refractivity (Wildman–Crippen MR) is 111 cm³/mol. The van der Waals surface area contributed by atoms with Gasteiger partial charge >= 0.3 is 0 Å². The summed E-state index contributed by atoms with van der Waals surface area (Å²) < 4.78 is 36.6. The molecular weight excluding hydrogens is 421 g/mol. The molecule has 0 fully saturated rings. The van der Waals surface area contributed by atoms with E-state index in [4.69, 9.17) is 4.43 Å². The van der Waals surface area contributed by atoms with Gasteiger partial charge in [0.25, 0.3) is 0 Å². The van der Waals surface area contributed by atoms with Crippen molar-refractivity contribution in [3.63, 3.8) is 0 Å². The molecule has 3 nitrogen and oxygen atoms in total. The first-order valence-corrected chi connectivity index (χ1v) is 13.3. The quantitative estimate of drug-likeness (QED) is 0.445. The molecule has 25 heavy (non-hydrogen) atoms. The Hall–Kier alpha value is 0.0769. The summed E-state index contributed by atoms with van der Waals surface area (Å²) in [7, 11) is -2.00. The van der Waals surface area contributed by atoms with Crippen molar-refractivity contribution in [2.45, 2.75) is 70.5 Å². The van der Waals surface area contributed by atoms with E-state index in [0.29, 0.717) is 10.0 Å². The van der Waals surface area contributed by atoms with Crippen molar-refractivity contribution in [2.24, 2.45) is 0 Å². The van der Waals surface area contributed by atoms with E-state index in [-0.39, 0.29) is 17.5 Å². The molecule has 0 amide bonds. The maximum Gasteiger partial charge on any atom is 0.192 e. The number of nitrogens with one attached hydrogen (secondary N) is 1. The third-order valence-electron chi connectivity index (χ3n) is 4.56. The number of hydrogen-bond donors (Lipinski definition) is 1. The minimum absolute atomic E-state index is 0.0546. The summed E-state index contributed by atoms with van der Waals surface area (Å²) >= 11 is 1.96. The van der Waals surface area contributed by atoms with E-state index in [1.807, 2.05) is 20.8 Å². The van der Waals surface area contributed by atoms with E-state index >= 15 is 0 Å². The summed E-state index contributed by atoms with van der Waals surface area (Å²) in [5.74, 6) is -0.336. The van der Waals surface area contributed by atoms with Crippen LogP contribution in [0.5, 0.6) is 0 Å². The molecule has 1 aromatic carbocycles. The van der Waals surface area contributed by atoms with Crippen molar-refractivity contribution in [1.82, 2.24) is 4.72 Å². The van der Waals surface area contributed by atoms with E-state index in [1.54, 1.807) is 12.1 Å². The molecule has 0 heterocycles. The van der Waals surface area contributed by atoms with Gasteiger partial charge in [-0.2, -0.15) is 0 Å². The van der Waals surface area contributed by atoms with Crippen LogP contribution in [-0.4, -0.2) is 24.2 Å². The fourth-order valence-electron chi connectivity index (χ4n) is 1.79. The molecule has 1 N–H and O–H groups in total. The highest BCUT2D eigenvalue weighted by molar-refractivity contribution is 9.10. The fourth-order valence-corrected chi connectivity index (χ4v) is 3.94. The van der Waals surface area contributed by atoms with Crippen molar-refractivity contribution in [1.29, 1.82) is 0 Å². The van der Waals surface area contributed by atoms with Crippen LogP contribution in [0.25, 0.3) is 0 Å². The standard InChI is InChI=1S/C18H31BrFNO2SSi/c1-17(2,3)24(22)21-16(12-23-25(7,8)18(4,5)6)14-10-9-13(19)11-15(14)20/h9-11,16,21H,12H2,1-8H3. The second-order valence-corrected chi connectivity index (χ2v) is 16.5. The SMILES string of the molecule is CC(C)(C)[S+]([O-])NC(CO[Si](C)(C)C(C)(C)C)c1ccc(Br)cc1F. The lowest BCUT2D eigenvalue weighted by Gasteiger charge is -2.37. The molecule has 0 saturated heterocycles. The van der Waals surface area contributed by atoms with Gasteiger partial charge in [0.05, 0.1) is 6.61 Å². The van der Waals surface area contributed by atoms with Crippen molar-refractivity contribution in [2.75, 3.05) is 6.61 Å². The Balaban J connectivity index is 3.07. The molecule has 0 radical (unpaired) electrons. The highest BCUT2D eigenvalue weighted by Crippen LogP contribution is 2.37. The Morgan fingerprint density at radius 1 is 1.24 bits per heavy atom. The topological polar surface area (TPSA) is 44.3 Å². The smallest absolute Gasteiger partial charge is 0.192 e. The van der Waals surface area contributed by atoms with Crippen molar-refractivity contribution < 1.29 is 13.4 Å². The molecule has 0 saturated carbocycles. The Bertz CT molecular complexity index is 587. The molecule has 0 aromatic heterocycles. The molecule has 0 aliphatic rings. The Labute approximate surface area is 164 Å². The Morgan fingerprint density at radius 2 is 1.80 bits per heavy atom. The van der Waals surface area contributed by atoms with E-state index in [9.17, 15) is 8.94 Å². The van der Waals surface area contributed by atoms with Gasteiger partial charge in [-0.3, -0.25) is 0 Å². The molecule has 0 bridgehead atoms. The van der Waals surface area contributed by atoms with Gasteiger partial charge in [-0.25, -0.2) is 4.39 Å². The van der Waals surface area contributed by atoms with Crippen LogP contribution in [0.2, 0.25) is 18.1 Å². The first-order chi connectivity index (χ1) is 11.1. The fraction of sp³-hybridized carbons (Fsp3) is 0.667. The minimum atomic E-state index is -2.00.